The first-order valence-corrected chi connectivity index (χ1v) is 9.23. The molecule has 0 bridgehead atoms. The van der Waals surface area contributed by atoms with Crippen LogP contribution in [0.3, 0.4) is 0 Å². The van der Waals surface area contributed by atoms with Crippen LogP contribution in [0.25, 0.3) is 0 Å². The van der Waals surface area contributed by atoms with E-state index in [9.17, 15) is 0 Å². The third kappa shape index (κ3) is 5.75. The lowest BCUT2D eigenvalue weighted by Gasteiger charge is -2.36. The molecule has 0 aromatic carbocycles. The molecule has 0 radical (unpaired) electrons. The maximum atomic E-state index is 4.79. The van der Waals surface area contributed by atoms with Crippen molar-refractivity contribution in [2.75, 3.05) is 44.2 Å². The minimum Gasteiger partial charge on any atom is -0.357 e. The van der Waals surface area contributed by atoms with Gasteiger partial charge in [0, 0.05) is 58.1 Å². The highest BCUT2D eigenvalue weighted by molar-refractivity contribution is 14.0. The number of aromatic nitrogens is 5. The number of nitrogens with zero attached hydrogens (tertiary/aromatic N) is 8. The topological polar surface area (TPSA) is 87.4 Å². The van der Waals surface area contributed by atoms with E-state index in [2.05, 4.69) is 53.7 Å². The molecule has 27 heavy (non-hydrogen) atoms. The minimum absolute atomic E-state index is 0. The number of aryl methyl sites for hydroxylation is 1. The molecule has 0 spiro atoms. The fourth-order valence-corrected chi connectivity index (χ4v) is 3.00. The molecule has 3 rings (SSSR count). The Bertz CT molecular complexity index is 695. The molecule has 1 aliphatic heterocycles. The molecule has 3 heterocycles. The zero-order valence-electron chi connectivity index (χ0n) is 16.0. The summed E-state index contributed by atoms with van der Waals surface area (Å²) in [5.41, 5.74) is 0. The molecule has 1 saturated heterocycles. The van der Waals surface area contributed by atoms with Crippen LogP contribution < -0.4 is 10.2 Å². The molecule has 0 amide bonds. The Morgan fingerprint density at radius 2 is 1.89 bits per heavy atom. The van der Waals surface area contributed by atoms with Crippen molar-refractivity contribution in [1.82, 2.24) is 34.9 Å². The molecule has 10 heteroatoms. The number of aliphatic imine (C=N–C) groups is 1. The second kappa shape index (κ2) is 11.0. The zero-order valence-corrected chi connectivity index (χ0v) is 18.3. The van der Waals surface area contributed by atoms with Crippen molar-refractivity contribution < 1.29 is 0 Å². The van der Waals surface area contributed by atoms with Crippen molar-refractivity contribution in [3.05, 3.63) is 30.6 Å². The largest absolute Gasteiger partial charge is 0.357 e. The van der Waals surface area contributed by atoms with Crippen LogP contribution in [0.5, 0.6) is 0 Å². The van der Waals surface area contributed by atoms with Crippen LogP contribution >= 0.6 is 24.0 Å². The number of halogens is 1. The van der Waals surface area contributed by atoms with Crippen molar-refractivity contribution in [3.8, 4) is 0 Å². The Morgan fingerprint density at radius 1 is 1.15 bits per heavy atom. The van der Waals surface area contributed by atoms with Crippen LogP contribution in [0, 0.1) is 0 Å². The smallest absolute Gasteiger partial charge is 0.225 e. The lowest BCUT2D eigenvalue weighted by molar-refractivity contribution is 0.370. The van der Waals surface area contributed by atoms with Gasteiger partial charge in [-0.25, -0.2) is 9.97 Å². The molecular weight excluding hydrogens is 457 g/mol. The number of anilines is 1. The van der Waals surface area contributed by atoms with E-state index < -0.39 is 0 Å². The first kappa shape index (κ1) is 21.3. The predicted molar refractivity (Wildman–Crippen MR) is 117 cm³/mol. The zero-order chi connectivity index (χ0) is 18.2. The van der Waals surface area contributed by atoms with E-state index in [0.717, 1.165) is 63.4 Å². The van der Waals surface area contributed by atoms with Gasteiger partial charge in [-0.1, -0.05) is 6.92 Å². The second-order valence-corrected chi connectivity index (χ2v) is 6.05. The van der Waals surface area contributed by atoms with Crippen molar-refractivity contribution in [3.63, 3.8) is 0 Å². The SMILES string of the molecule is CCNC(=NCCn1cnnc1CC)N1CCN(c2ncccn2)CC1.I. The standard InChI is InChI=1S/C17H27N9.HI/c1-3-15-23-22-14-26(15)9-8-21-16(18-4-2)24-10-12-25(13-11-24)17-19-6-5-7-20-17;/h5-7,14H,3-4,8-13H2,1-2H3,(H,18,21);1H. The van der Waals surface area contributed by atoms with Gasteiger partial charge in [0.25, 0.3) is 0 Å². The summed E-state index contributed by atoms with van der Waals surface area (Å²) in [7, 11) is 0. The molecule has 148 valence electrons. The van der Waals surface area contributed by atoms with Crippen LogP contribution in [0.1, 0.15) is 19.7 Å². The van der Waals surface area contributed by atoms with E-state index in [1.54, 1.807) is 18.7 Å². The third-order valence-corrected chi connectivity index (χ3v) is 4.36. The van der Waals surface area contributed by atoms with E-state index in [1.807, 2.05) is 6.07 Å². The Labute approximate surface area is 177 Å². The number of nitrogens with one attached hydrogen (secondary N) is 1. The van der Waals surface area contributed by atoms with E-state index in [1.165, 1.54) is 0 Å². The van der Waals surface area contributed by atoms with Crippen molar-refractivity contribution >= 4 is 35.9 Å². The van der Waals surface area contributed by atoms with Gasteiger partial charge in [-0.3, -0.25) is 4.99 Å². The summed E-state index contributed by atoms with van der Waals surface area (Å²) < 4.78 is 2.07. The summed E-state index contributed by atoms with van der Waals surface area (Å²) in [5, 5.41) is 11.5. The van der Waals surface area contributed by atoms with Gasteiger partial charge in [0.15, 0.2) is 5.96 Å². The number of guanidine groups is 1. The lowest BCUT2D eigenvalue weighted by Crippen LogP contribution is -2.53. The van der Waals surface area contributed by atoms with Crippen LogP contribution in [-0.2, 0) is 13.0 Å². The van der Waals surface area contributed by atoms with Crippen molar-refractivity contribution in [1.29, 1.82) is 0 Å². The highest BCUT2D eigenvalue weighted by atomic mass is 127. The Hall–Kier alpha value is -1.98. The first-order valence-electron chi connectivity index (χ1n) is 9.23. The minimum atomic E-state index is 0. The van der Waals surface area contributed by atoms with Gasteiger partial charge in [-0.05, 0) is 13.0 Å². The number of hydrogen-bond acceptors (Lipinski definition) is 6. The molecule has 9 nitrogen and oxygen atoms in total. The number of hydrogen-bond donors (Lipinski definition) is 1. The van der Waals surface area contributed by atoms with E-state index in [-0.39, 0.29) is 24.0 Å². The maximum absolute atomic E-state index is 4.79. The molecule has 0 unspecified atom stereocenters. The number of rotatable bonds is 6. The predicted octanol–water partition coefficient (Wildman–Crippen LogP) is 1.04. The quantitative estimate of drug-likeness (QED) is 0.372. The molecule has 2 aromatic heterocycles. The Morgan fingerprint density at radius 3 is 2.56 bits per heavy atom. The normalized spacial score (nSPS) is 14.8. The third-order valence-electron chi connectivity index (χ3n) is 4.36. The summed E-state index contributed by atoms with van der Waals surface area (Å²) in [5.74, 6) is 2.77. The highest BCUT2D eigenvalue weighted by Crippen LogP contribution is 2.09. The van der Waals surface area contributed by atoms with E-state index in [0.29, 0.717) is 6.54 Å². The molecule has 1 aliphatic rings. The van der Waals surface area contributed by atoms with Gasteiger partial charge >= 0.3 is 0 Å². The summed E-state index contributed by atoms with van der Waals surface area (Å²) in [4.78, 5) is 18.0. The first-order chi connectivity index (χ1) is 12.8. The summed E-state index contributed by atoms with van der Waals surface area (Å²) in [6, 6.07) is 1.84. The van der Waals surface area contributed by atoms with E-state index in [4.69, 9.17) is 4.99 Å². The number of piperazine rings is 1. The van der Waals surface area contributed by atoms with Crippen LogP contribution in [-0.4, -0.2) is 74.9 Å². The van der Waals surface area contributed by atoms with Crippen LogP contribution in [0.15, 0.2) is 29.8 Å². The van der Waals surface area contributed by atoms with Gasteiger partial charge in [-0.15, -0.1) is 34.2 Å². The molecule has 0 aliphatic carbocycles. The van der Waals surface area contributed by atoms with Gasteiger partial charge < -0.3 is 19.7 Å². The van der Waals surface area contributed by atoms with Crippen molar-refractivity contribution in [2.24, 2.45) is 4.99 Å². The average molecular weight is 485 g/mol. The highest BCUT2D eigenvalue weighted by Gasteiger charge is 2.20. The summed E-state index contributed by atoms with van der Waals surface area (Å²) >= 11 is 0. The second-order valence-electron chi connectivity index (χ2n) is 6.05. The lowest BCUT2D eigenvalue weighted by atomic mass is 10.3. The molecule has 0 saturated carbocycles. The van der Waals surface area contributed by atoms with Gasteiger partial charge in [0.05, 0.1) is 6.54 Å². The average Bonchev–Trinajstić information content (AvgIpc) is 3.16. The molecular formula is C17H28IN9. The van der Waals surface area contributed by atoms with Gasteiger partial charge in [-0.2, -0.15) is 0 Å². The Balaban J connectivity index is 0.00000261. The molecule has 2 aromatic rings. The fourth-order valence-electron chi connectivity index (χ4n) is 3.00. The van der Waals surface area contributed by atoms with Gasteiger partial charge in [0.1, 0.15) is 12.2 Å². The Kier molecular flexibility index (Phi) is 8.69. The summed E-state index contributed by atoms with van der Waals surface area (Å²) in [6.07, 6.45) is 6.23. The van der Waals surface area contributed by atoms with Crippen LogP contribution in [0.4, 0.5) is 5.95 Å². The van der Waals surface area contributed by atoms with Crippen molar-refractivity contribution in [2.45, 2.75) is 26.8 Å². The fraction of sp³-hybridized carbons (Fsp3) is 0.588. The van der Waals surface area contributed by atoms with Crippen LogP contribution in [0.2, 0.25) is 0 Å². The van der Waals surface area contributed by atoms with E-state index >= 15 is 0 Å². The molecule has 1 N–H and O–H groups in total. The molecule has 1 fully saturated rings. The summed E-state index contributed by atoms with van der Waals surface area (Å²) in [6.45, 7) is 10.1. The molecule has 0 atom stereocenters. The van der Waals surface area contributed by atoms with Gasteiger partial charge in [0.2, 0.25) is 5.95 Å². The maximum Gasteiger partial charge on any atom is 0.225 e. The monoisotopic (exact) mass is 485 g/mol.